The molecule has 0 bridgehead atoms. The molecule has 0 spiro atoms. The quantitative estimate of drug-likeness (QED) is 0.164. The molecule has 0 aromatic heterocycles. The molecule has 0 rings (SSSR count). The first-order valence-corrected chi connectivity index (χ1v) is 12.4. The molecule has 34 heavy (non-hydrogen) atoms. The van der Waals surface area contributed by atoms with E-state index in [1.54, 1.807) is 0 Å². The molecule has 0 unspecified atom stereocenters. The van der Waals surface area contributed by atoms with Gasteiger partial charge in [0, 0.05) is 26.4 Å². The smallest absolute Gasteiger partial charge is 0.310 e. The van der Waals surface area contributed by atoms with Gasteiger partial charge in [0.2, 0.25) is 0 Å². The fourth-order valence-electron chi connectivity index (χ4n) is 2.99. The van der Waals surface area contributed by atoms with Crippen LogP contribution in [0.15, 0.2) is 0 Å². The van der Waals surface area contributed by atoms with Gasteiger partial charge in [-0.05, 0) is 25.7 Å². The predicted molar refractivity (Wildman–Crippen MR) is 126 cm³/mol. The van der Waals surface area contributed by atoms with E-state index in [9.17, 15) is 19.8 Å². The molecule has 0 aliphatic carbocycles. The van der Waals surface area contributed by atoms with Gasteiger partial charge in [-0.1, -0.05) is 26.7 Å². The summed E-state index contributed by atoms with van der Waals surface area (Å²) in [6.07, 6.45) is 3.88. The van der Waals surface area contributed by atoms with E-state index >= 15 is 0 Å². The minimum atomic E-state index is -1.45. The monoisotopic (exact) mass is 494 g/mol. The Bertz CT molecular complexity index is 460. The van der Waals surface area contributed by atoms with Crippen molar-refractivity contribution < 1.29 is 48.2 Å². The molecule has 10 nitrogen and oxygen atoms in total. The Morgan fingerprint density at radius 1 is 0.559 bits per heavy atom. The first-order valence-electron chi connectivity index (χ1n) is 12.4. The van der Waals surface area contributed by atoms with Gasteiger partial charge in [0.15, 0.2) is 0 Å². The largest absolute Gasteiger partial charge is 0.481 e. The van der Waals surface area contributed by atoms with E-state index in [4.69, 9.17) is 28.4 Å². The Morgan fingerprint density at radius 3 is 1.18 bits per heavy atom. The molecule has 0 radical (unpaired) electrons. The molecule has 0 aromatic rings. The van der Waals surface area contributed by atoms with Crippen LogP contribution in [0.25, 0.3) is 0 Å². The fraction of sp³-hybridized carbons (Fsp3) is 0.917. The maximum absolute atomic E-state index is 11.9. The predicted octanol–water partition coefficient (Wildman–Crippen LogP) is 3.01. The van der Waals surface area contributed by atoms with Crippen molar-refractivity contribution in [2.45, 2.75) is 58.8 Å². The number of unbranched alkanes of at least 4 members (excludes halogenated alkanes) is 2. The summed E-state index contributed by atoms with van der Waals surface area (Å²) >= 11 is 0. The lowest BCUT2D eigenvalue weighted by molar-refractivity contribution is -0.158. The highest BCUT2D eigenvalue weighted by atomic mass is 16.5. The van der Waals surface area contributed by atoms with E-state index < -0.39 is 23.8 Å². The summed E-state index contributed by atoms with van der Waals surface area (Å²) in [5, 5.41) is 19.0. The normalized spacial score (nSPS) is 11.7. The number of carboxylic acid groups (broad SMARTS) is 2. The van der Waals surface area contributed by atoms with Gasteiger partial charge in [0.05, 0.1) is 64.7 Å². The minimum absolute atomic E-state index is 0.0731. The van der Waals surface area contributed by atoms with Crippen LogP contribution in [0.1, 0.15) is 58.8 Å². The molecule has 0 amide bonds. The van der Waals surface area contributed by atoms with E-state index in [1.807, 2.05) is 0 Å². The van der Waals surface area contributed by atoms with Crippen molar-refractivity contribution >= 4 is 11.9 Å². The van der Waals surface area contributed by atoms with Crippen molar-refractivity contribution in [3.63, 3.8) is 0 Å². The average Bonchev–Trinajstić information content (AvgIpc) is 2.80. The first kappa shape index (κ1) is 32.7. The van der Waals surface area contributed by atoms with Gasteiger partial charge in [0.25, 0.3) is 0 Å². The molecular formula is C24H46O10. The van der Waals surface area contributed by atoms with Crippen LogP contribution in [-0.2, 0) is 38.0 Å². The molecule has 0 atom stereocenters. The third kappa shape index (κ3) is 19.1. The first-order chi connectivity index (χ1) is 16.5. The van der Waals surface area contributed by atoms with Crippen LogP contribution in [0.3, 0.4) is 0 Å². The van der Waals surface area contributed by atoms with Crippen molar-refractivity contribution in [3.8, 4) is 0 Å². The summed E-state index contributed by atoms with van der Waals surface area (Å²) in [4.78, 5) is 23.2. The summed E-state index contributed by atoms with van der Waals surface area (Å²) in [6, 6.07) is 0. The summed E-state index contributed by atoms with van der Waals surface area (Å²) < 4.78 is 32.5. The average molecular weight is 495 g/mol. The number of ether oxygens (including phenoxy) is 6. The van der Waals surface area contributed by atoms with Crippen LogP contribution in [-0.4, -0.2) is 101 Å². The van der Waals surface area contributed by atoms with Crippen molar-refractivity contribution in [1.29, 1.82) is 0 Å². The van der Waals surface area contributed by atoms with E-state index in [0.717, 1.165) is 38.9 Å². The molecule has 0 aromatic carbocycles. The van der Waals surface area contributed by atoms with E-state index in [2.05, 4.69) is 13.8 Å². The number of aliphatic carboxylic acids is 2. The summed E-state index contributed by atoms with van der Waals surface area (Å²) in [7, 11) is 0. The number of hydrogen-bond acceptors (Lipinski definition) is 8. The van der Waals surface area contributed by atoms with Crippen LogP contribution < -0.4 is 0 Å². The zero-order chi connectivity index (χ0) is 25.3. The van der Waals surface area contributed by atoms with Crippen molar-refractivity contribution in [2.75, 3.05) is 79.3 Å². The van der Waals surface area contributed by atoms with Crippen LogP contribution in [0, 0.1) is 5.41 Å². The van der Waals surface area contributed by atoms with Gasteiger partial charge in [-0.25, -0.2) is 0 Å². The van der Waals surface area contributed by atoms with Crippen molar-refractivity contribution in [3.05, 3.63) is 0 Å². The zero-order valence-electron chi connectivity index (χ0n) is 21.1. The number of carboxylic acids is 2. The lowest BCUT2D eigenvalue weighted by atomic mass is 9.78. The summed E-state index contributed by atoms with van der Waals surface area (Å²) in [5.41, 5.74) is -1.45. The molecule has 0 saturated heterocycles. The maximum atomic E-state index is 11.9. The van der Waals surface area contributed by atoms with Crippen LogP contribution in [0.2, 0.25) is 0 Å². The standard InChI is InChI=1S/C24H46O10/c1-3-5-9-29-13-17-33-19-15-31-11-7-24(23(27)28,21-22(25)26)8-12-32-16-20-34-18-14-30-10-6-4-2/h3-21H2,1-2H3,(H,25,26)(H,27,28). The SMILES string of the molecule is CCCCOCCOCCOCCC(CCOCCOCCOCCCC)(CC(=O)O)C(=O)O. The van der Waals surface area contributed by atoms with E-state index in [-0.39, 0.29) is 26.1 Å². The Hall–Kier alpha value is -1.30. The highest BCUT2D eigenvalue weighted by Crippen LogP contribution is 2.32. The summed E-state index contributed by atoms with van der Waals surface area (Å²) in [6.45, 7) is 9.21. The Labute approximate surface area is 204 Å². The van der Waals surface area contributed by atoms with Crippen LogP contribution in [0.4, 0.5) is 0 Å². The molecule has 2 N–H and O–H groups in total. The second-order valence-electron chi connectivity index (χ2n) is 8.04. The zero-order valence-corrected chi connectivity index (χ0v) is 21.1. The van der Waals surface area contributed by atoms with Crippen LogP contribution in [0.5, 0.6) is 0 Å². The molecule has 0 fully saturated rings. The Morgan fingerprint density at radius 2 is 0.882 bits per heavy atom. The van der Waals surface area contributed by atoms with Crippen molar-refractivity contribution in [1.82, 2.24) is 0 Å². The lowest BCUT2D eigenvalue weighted by Crippen LogP contribution is -2.36. The highest BCUT2D eigenvalue weighted by Gasteiger charge is 2.40. The second-order valence-corrected chi connectivity index (χ2v) is 8.04. The van der Waals surface area contributed by atoms with E-state index in [0.29, 0.717) is 52.9 Å². The maximum Gasteiger partial charge on any atom is 0.310 e. The van der Waals surface area contributed by atoms with Gasteiger partial charge in [-0.2, -0.15) is 0 Å². The molecule has 10 heteroatoms. The lowest BCUT2D eigenvalue weighted by Gasteiger charge is -2.27. The Balaban J connectivity index is 4.07. The van der Waals surface area contributed by atoms with Gasteiger partial charge in [-0.3, -0.25) is 9.59 Å². The molecule has 0 aliphatic rings. The number of rotatable bonds is 27. The van der Waals surface area contributed by atoms with Gasteiger partial charge in [0.1, 0.15) is 0 Å². The fourth-order valence-corrected chi connectivity index (χ4v) is 2.99. The molecular weight excluding hydrogens is 448 g/mol. The number of hydrogen-bond donors (Lipinski definition) is 2. The molecule has 0 heterocycles. The van der Waals surface area contributed by atoms with Gasteiger partial charge < -0.3 is 38.6 Å². The third-order valence-electron chi connectivity index (χ3n) is 5.17. The molecule has 0 aliphatic heterocycles. The Kier molecular flexibility index (Phi) is 22.5. The van der Waals surface area contributed by atoms with Crippen LogP contribution >= 0.6 is 0 Å². The number of carbonyl (C=O) groups is 2. The minimum Gasteiger partial charge on any atom is -0.481 e. The van der Waals surface area contributed by atoms with E-state index in [1.165, 1.54) is 0 Å². The molecule has 0 saturated carbocycles. The summed E-state index contributed by atoms with van der Waals surface area (Å²) in [5.74, 6) is -2.33. The third-order valence-corrected chi connectivity index (χ3v) is 5.17. The van der Waals surface area contributed by atoms with Gasteiger partial charge >= 0.3 is 11.9 Å². The highest BCUT2D eigenvalue weighted by molar-refractivity contribution is 5.81. The van der Waals surface area contributed by atoms with Crippen molar-refractivity contribution in [2.24, 2.45) is 5.41 Å². The second kappa shape index (κ2) is 23.4. The van der Waals surface area contributed by atoms with Gasteiger partial charge in [-0.15, -0.1) is 0 Å². The topological polar surface area (TPSA) is 130 Å². The molecule has 202 valence electrons.